The van der Waals surface area contributed by atoms with Crippen LogP contribution in [0.25, 0.3) is 0 Å². The Bertz CT molecular complexity index is 833. The summed E-state index contributed by atoms with van der Waals surface area (Å²) in [5.74, 6) is -1.87. The Labute approximate surface area is 139 Å². The molecular weight excluding hydrogens is 333 g/mol. The fraction of sp³-hybridized carbons (Fsp3) is 0.176. The summed E-state index contributed by atoms with van der Waals surface area (Å²) in [5.41, 5.74) is 5.47. The summed E-state index contributed by atoms with van der Waals surface area (Å²) < 4.78 is 37.9. The Morgan fingerprint density at radius 3 is 2.12 bits per heavy atom. The SMILES string of the molecule is NC(=O)[C@@H](CCC(=O)c1ccc(F)cc1)S(=O)(=O)c1ccccc1. The summed E-state index contributed by atoms with van der Waals surface area (Å²) in [7, 11) is -3.97. The molecule has 0 radical (unpaired) electrons. The van der Waals surface area contributed by atoms with Crippen LogP contribution in [0.15, 0.2) is 59.5 Å². The smallest absolute Gasteiger partial charge is 0.236 e. The van der Waals surface area contributed by atoms with Gasteiger partial charge in [-0.05, 0) is 42.8 Å². The molecule has 0 aromatic heterocycles. The summed E-state index contributed by atoms with van der Waals surface area (Å²) >= 11 is 0. The van der Waals surface area contributed by atoms with Gasteiger partial charge in [-0.1, -0.05) is 18.2 Å². The fourth-order valence-electron chi connectivity index (χ4n) is 2.27. The van der Waals surface area contributed by atoms with Crippen LogP contribution in [0.2, 0.25) is 0 Å². The highest BCUT2D eigenvalue weighted by Gasteiger charge is 2.32. The van der Waals surface area contributed by atoms with E-state index in [0.29, 0.717) is 0 Å². The molecule has 1 amide bonds. The summed E-state index contributed by atoms with van der Waals surface area (Å²) in [5, 5.41) is -1.50. The van der Waals surface area contributed by atoms with Gasteiger partial charge in [-0.25, -0.2) is 12.8 Å². The van der Waals surface area contributed by atoms with Crippen molar-refractivity contribution in [1.82, 2.24) is 0 Å². The molecule has 0 saturated carbocycles. The summed E-state index contributed by atoms with van der Waals surface area (Å²) in [6.07, 6.45) is -0.423. The third-order valence-corrected chi connectivity index (χ3v) is 5.71. The second-order valence-electron chi connectivity index (χ2n) is 5.22. The first-order valence-corrected chi connectivity index (χ1v) is 8.74. The van der Waals surface area contributed by atoms with Crippen LogP contribution in [0.4, 0.5) is 4.39 Å². The molecule has 24 heavy (non-hydrogen) atoms. The number of hydrogen-bond donors (Lipinski definition) is 1. The first-order chi connectivity index (χ1) is 11.3. The van der Waals surface area contributed by atoms with Gasteiger partial charge in [0.2, 0.25) is 5.91 Å². The standard InChI is InChI=1S/C17H16FNO4S/c18-13-8-6-12(7-9-13)15(20)10-11-16(17(19)21)24(22,23)14-4-2-1-3-5-14/h1-9,16H,10-11H2,(H2,19,21)/t16-/m1/s1. The zero-order chi connectivity index (χ0) is 17.7. The second-order valence-corrected chi connectivity index (χ2v) is 7.35. The first kappa shape index (κ1) is 17.8. The second kappa shape index (κ2) is 7.35. The number of primary amides is 1. The van der Waals surface area contributed by atoms with Crippen LogP contribution < -0.4 is 5.73 Å². The van der Waals surface area contributed by atoms with Crippen molar-refractivity contribution in [1.29, 1.82) is 0 Å². The maximum atomic E-state index is 12.9. The van der Waals surface area contributed by atoms with Gasteiger partial charge in [0.05, 0.1) is 4.90 Å². The third kappa shape index (κ3) is 4.05. The lowest BCUT2D eigenvalue weighted by molar-refractivity contribution is -0.117. The minimum Gasteiger partial charge on any atom is -0.369 e. The molecule has 2 aromatic rings. The molecule has 0 spiro atoms. The Hall–Kier alpha value is -2.54. The highest BCUT2D eigenvalue weighted by atomic mass is 32.2. The van der Waals surface area contributed by atoms with E-state index in [1.54, 1.807) is 6.07 Å². The van der Waals surface area contributed by atoms with Crippen molar-refractivity contribution >= 4 is 21.5 Å². The maximum absolute atomic E-state index is 12.9. The average molecular weight is 349 g/mol. The lowest BCUT2D eigenvalue weighted by atomic mass is 10.1. The minimum atomic E-state index is -3.97. The summed E-state index contributed by atoms with van der Waals surface area (Å²) in [4.78, 5) is 23.6. The van der Waals surface area contributed by atoms with Crippen molar-refractivity contribution in [3.05, 3.63) is 66.0 Å². The predicted octanol–water partition coefficient (Wildman–Crippen LogP) is 2.12. The quantitative estimate of drug-likeness (QED) is 0.775. The number of ketones is 1. The van der Waals surface area contributed by atoms with E-state index in [1.165, 1.54) is 36.4 Å². The van der Waals surface area contributed by atoms with E-state index in [-0.39, 0.29) is 29.1 Å². The van der Waals surface area contributed by atoms with Gasteiger partial charge >= 0.3 is 0 Å². The van der Waals surface area contributed by atoms with Crippen LogP contribution in [-0.4, -0.2) is 25.4 Å². The molecular formula is C17H16FNO4S. The zero-order valence-electron chi connectivity index (χ0n) is 12.7. The third-order valence-electron chi connectivity index (χ3n) is 3.56. The van der Waals surface area contributed by atoms with Gasteiger partial charge in [-0.2, -0.15) is 0 Å². The van der Waals surface area contributed by atoms with Crippen LogP contribution in [-0.2, 0) is 14.6 Å². The molecule has 2 N–H and O–H groups in total. The molecule has 0 aliphatic heterocycles. The number of amides is 1. The minimum absolute atomic E-state index is 0.0250. The molecule has 0 aliphatic rings. The van der Waals surface area contributed by atoms with E-state index in [9.17, 15) is 22.4 Å². The van der Waals surface area contributed by atoms with Crippen LogP contribution in [0.1, 0.15) is 23.2 Å². The van der Waals surface area contributed by atoms with E-state index in [0.717, 1.165) is 12.1 Å². The van der Waals surface area contributed by atoms with Gasteiger partial charge in [0, 0.05) is 12.0 Å². The maximum Gasteiger partial charge on any atom is 0.236 e. The number of benzene rings is 2. The van der Waals surface area contributed by atoms with E-state index in [2.05, 4.69) is 0 Å². The Morgan fingerprint density at radius 1 is 1.00 bits per heavy atom. The van der Waals surface area contributed by atoms with Gasteiger partial charge in [0.15, 0.2) is 15.6 Å². The highest BCUT2D eigenvalue weighted by Crippen LogP contribution is 2.20. The molecule has 2 aromatic carbocycles. The normalized spacial score (nSPS) is 12.5. The Kier molecular flexibility index (Phi) is 5.46. The first-order valence-electron chi connectivity index (χ1n) is 7.19. The van der Waals surface area contributed by atoms with Gasteiger partial charge in [-0.3, -0.25) is 9.59 Å². The molecule has 126 valence electrons. The van der Waals surface area contributed by atoms with Crippen LogP contribution >= 0.6 is 0 Å². The van der Waals surface area contributed by atoms with Gasteiger partial charge < -0.3 is 5.73 Å². The predicted molar refractivity (Wildman–Crippen MR) is 86.6 cm³/mol. The molecule has 7 heteroatoms. The number of carbonyl (C=O) groups is 2. The van der Waals surface area contributed by atoms with E-state index >= 15 is 0 Å². The molecule has 0 saturated heterocycles. The molecule has 0 heterocycles. The number of carbonyl (C=O) groups excluding carboxylic acids is 2. The van der Waals surface area contributed by atoms with E-state index in [4.69, 9.17) is 5.73 Å². The number of Topliss-reactive ketones (excluding diaryl/α,β-unsaturated/α-hetero) is 1. The molecule has 2 rings (SSSR count). The van der Waals surface area contributed by atoms with Crippen molar-refractivity contribution in [2.24, 2.45) is 5.73 Å². The van der Waals surface area contributed by atoms with Crippen molar-refractivity contribution in [2.45, 2.75) is 23.0 Å². The molecule has 1 atom stereocenters. The molecule has 0 bridgehead atoms. The zero-order valence-corrected chi connectivity index (χ0v) is 13.5. The van der Waals surface area contributed by atoms with Gasteiger partial charge in [0.25, 0.3) is 0 Å². The van der Waals surface area contributed by atoms with Crippen molar-refractivity contribution in [2.75, 3.05) is 0 Å². The summed E-state index contributed by atoms with van der Waals surface area (Å²) in [6.45, 7) is 0. The number of sulfone groups is 1. The van der Waals surface area contributed by atoms with E-state index < -0.39 is 26.8 Å². The number of rotatable bonds is 7. The number of nitrogens with two attached hydrogens (primary N) is 1. The van der Waals surface area contributed by atoms with Crippen LogP contribution in [0, 0.1) is 5.82 Å². The van der Waals surface area contributed by atoms with Crippen LogP contribution in [0.5, 0.6) is 0 Å². The molecule has 0 fully saturated rings. The molecule has 0 aliphatic carbocycles. The molecule has 0 unspecified atom stereocenters. The van der Waals surface area contributed by atoms with Crippen molar-refractivity contribution in [3.8, 4) is 0 Å². The lowest BCUT2D eigenvalue weighted by Gasteiger charge is -2.14. The fourth-order valence-corrected chi connectivity index (χ4v) is 3.87. The largest absolute Gasteiger partial charge is 0.369 e. The van der Waals surface area contributed by atoms with Gasteiger partial charge in [-0.15, -0.1) is 0 Å². The average Bonchev–Trinajstić information content (AvgIpc) is 2.55. The van der Waals surface area contributed by atoms with Crippen molar-refractivity contribution < 1.29 is 22.4 Å². The lowest BCUT2D eigenvalue weighted by Crippen LogP contribution is -2.36. The Balaban J connectivity index is 2.16. The van der Waals surface area contributed by atoms with Crippen LogP contribution in [0.3, 0.4) is 0 Å². The van der Waals surface area contributed by atoms with Crippen molar-refractivity contribution in [3.63, 3.8) is 0 Å². The van der Waals surface area contributed by atoms with Gasteiger partial charge in [0.1, 0.15) is 11.1 Å². The topological polar surface area (TPSA) is 94.3 Å². The summed E-state index contributed by atoms with van der Waals surface area (Å²) in [6, 6.07) is 12.4. The number of hydrogen-bond acceptors (Lipinski definition) is 4. The molecule has 5 nitrogen and oxygen atoms in total. The van der Waals surface area contributed by atoms with E-state index in [1.807, 2.05) is 0 Å². The number of halogens is 1. The Morgan fingerprint density at radius 2 is 1.58 bits per heavy atom. The highest BCUT2D eigenvalue weighted by molar-refractivity contribution is 7.92. The monoisotopic (exact) mass is 349 g/mol.